The maximum absolute atomic E-state index is 13.5. The number of carbonyl (C=O) groups is 2. The second kappa shape index (κ2) is 11.7. The number of hydrogen-bond donors (Lipinski definition) is 0. The van der Waals surface area contributed by atoms with Crippen LogP contribution in [0.3, 0.4) is 0 Å². The summed E-state index contributed by atoms with van der Waals surface area (Å²) in [5.41, 5.74) is 0.952. The number of hydrogen-bond acceptors (Lipinski definition) is 4. The highest BCUT2D eigenvalue weighted by Crippen LogP contribution is 2.24. The van der Waals surface area contributed by atoms with E-state index in [-0.39, 0.29) is 18.0 Å². The Hall–Kier alpha value is -3.60. The largest absolute Gasteiger partial charge is 0.482 e. The zero-order valence-corrected chi connectivity index (χ0v) is 20.2. The van der Waals surface area contributed by atoms with Gasteiger partial charge in [0.05, 0.1) is 0 Å². The summed E-state index contributed by atoms with van der Waals surface area (Å²) in [6.45, 7) is 0. The quantitative estimate of drug-likeness (QED) is 0.212. The molecule has 35 heavy (non-hydrogen) atoms. The van der Waals surface area contributed by atoms with Gasteiger partial charge in [-0.25, -0.2) is 0 Å². The van der Waals surface area contributed by atoms with Gasteiger partial charge in [0, 0.05) is 27.6 Å². The van der Waals surface area contributed by atoms with Crippen molar-refractivity contribution in [1.29, 1.82) is 0 Å². The van der Waals surface area contributed by atoms with E-state index in [1.54, 1.807) is 97.1 Å². The lowest BCUT2D eigenvalue weighted by Gasteiger charge is -2.24. The molecule has 0 fully saturated rings. The van der Waals surface area contributed by atoms with Gasteiger partial charge in [-0.3, -0.25) is 9.59 Å². The molecule has 4 aromatic rings. The Morgan fingerprint density at radius 2 is 0.886 bits per heavy atom. The van der Waals surface area contributed by atoms with E-state index in [0.717, 1.165) is 0 Å². The van der Waals surface area contributed by atoms with Crippen molar-refractivity contribution in [2.45, 2.75) is 18.6 Å². The third kappa shape index (κ3) is 6.72. The maximum Gasteiger partial charge on any atom is 0.203 e. The van der Waals surface area contributed by atoms with Crippen LogP contribution in [-0.4, -0.2) is 23.8 Å². The molecule has 0 N–H and O–H groups in total. The third-order valence-electron chi connectivity index (χ3n) is 5.31. The maximum atomic E-state index is 13.5. The fraction of sp³-hybridized carbons (Fsp3) is 0.103. The Kier molecular flexibility index (Phi) is 8.19. The third-order valence-corrected chi connectivity index (χ3v) is 5.82. The van der Waals surface area contributed by atoms with Crippen molar-refractivity contribution in [2.24, 2.45) is 0 Å². The normalized spacial score (nSPS) is 12.4. The van der Waals surface area contributed by atoms with Gasteiger partial charge >= 0.3 is 0 Å². The molecule has 0 amide bonds. The molecule has 0 bridgehead atoms. The first-order valence-corrected chi connectivity index (χ1v) is 11.8. The summed E-state index contributed by atoms with van der Waals surface area (Å²) in [4.78, 5) is 26.9. The summed E-state index contributed by atoms with van der Waals surface area (Å²) >= 11 is 12.0. The van der Waals surface area contributed by atoms with Crippen molar-refractivity contribution in [3.05, 3.63) is 130 Å². The number of halogens is 2. The minimum Gasteiger partial charge on any atom is -0.482 e. The van der Waals surface area contributed by atoms with Gasteiger partial charge in [0.1, 0.15) is 11.5 Å². The number of rotatable bonds is 10. The van der Waals surface area contributed by atoms with E-state index in [4.69, 9.17) is 32.7 Å². The number of ketones is 2. The molecule has 4 nitrogen and oxygen atoms in total. The average molecular weight is 505 g/mol. The van der Waals surface area contributed by atoms with Gasteiger partial charge in [0.2, 0.25) is 11.6 Å². The molecule has 0 radical (unpaired) electrons. The van der Waals surface area contributed by atoms with Crippen LogP contribution in [0.2, 0.25) is 10.0 Å². The Balaban J connectivity index is 1.67. The van der Waals surface area contributed by atoms with Crippen LogP contribution < -0.4 is 9.47 Å². The van der Waals surface area contributed by atoms with E-state index in [9.17, 15) is 9.59 Å². The van der Waals surface area contributed by atoms with Gasteiger partial charge in [-0.15, -0.1) is 0 Å². The van der Waals surface area contributed by atoms with Crippen LogP contribution in [0, 0.1) is 0 Å². The van der Waals surface area contributed by atoms with Crippen molar-refractivity contribution in [1.82, 2.24) is 0 Å². The van der Waals surface area contributed by atoms with Crippen molar-refractivity contribution in [2.75, 3.05) is 0 Å². The van der Waals surface area contributed by atoms with E-state index in [1.807, 2.05) is 12.1 Å². The molecule has 176 valence electrons. The van der Waals surface area contributed by atoms with Gasteiger partial charge in [-0.2, -0.15) is 0 Å². The van der Waals surface area contributed by atoms with Gasteiger partial charge in [0.15, 0.2) is 12.2 Å². The van der Waals surface area contributed by atoms with Crippen molar-refractivity contribution in [3.63, 3.8) is 0 Å². The fourth-order valence-electron chi connectivity index (χ4n) is 3.54. The molecule has 4 rings (SSSR count). The summed E-state index contributed by atoms with van der Waals surface area (Å²) < 4.78 is 12.2. The first-order chi connectivity index (χ1) is 17.0. The van der Waals surface area contributed by atoms with Crippen LogP contribution in [0.15, 0.2) is 109 Å². The van der Waals surface area contributed by atoms with Crippen molar-refractivity contribution in [3.8, 4) is 11.5 Å². The number of benzene rings is 4. The molecule has 2 unspecified atom stereocenters. The summed E-state index contributed by atoms with van der Waals surface area (Å²) in [6.07, 6.45) is -1.97. The minimum absolute atomic E-state index is 0.00723. The summed E-state index contributed by atoms with van der Waals surface area (Å²) in [5.74, 6) is 0.402. The molecule has 0 aliphatic rings. The number of ether oxygens (including phenoxy) is 2. The molecule has 0 aromatic heterocycles. The lowest BCUT2D eigenvalue weighted by Crippen LogP contribution is -2.38. The van der Waals surface area contributed by atoms with Gasteiger partial charge in [-0.1, -0.05) is 83.9 Å². The monoisotopic (exact) mass is 504 g/mol. The smallest absolute Gasteiger partial charge is 0.203 e. The Morgan fingerprint density at radius 1 is 0.543 bits per heavy atom. The lowest BCUT2D eigenvalue weighted by atomic mass is 9.96. The standard InChI is InChI=1S/C29H22Cl2O4/c30-22-11-15-24(16-12-22)34-26(28(32)20-7-3-1-4-8-20)19-27(29(33)21-9-5-2-6-10-21)35-25-17-13-23(31)14-18-25/h1-18,26-27H,19H2. The van der Waals surface area contributed by atoms with E-state index in [2.05, 4.69) is 0 Å². The molecular formula is C29H22Cl2O4. The molecule has 0 aliphatic carbocycles. The van der Waals surface area contributed by atoms with E-state index in [1.165, 1.54) is 0 Å². The summed E-state index contributed by atoms with van der Waals surface area (Å²) in [6, 6.07) is 31.1. The highest BCUT2D eigenvalue weighted by Gasteiger charge is 2.32. The lowest BCUT2D eigenvalue weighted by molar-refractivity contribution is 0.0588. The molecule has 0 heterocycles. The van der Waals surface area contributed by atoms with Gasteiger partial charge < -0.3 is 9.47 Å². The first kappa shape index (κ1) is 24.5. The molecule has 6 heteroatoms. The minimum atomic E-state index is -0.983. The first-order valence-electron chi connectivity index (χ1n) is 11.0. The van der Waals surface area contributed by atoms with Crippen molar-refractivity contribution < 1.29 is 19.1 Å². The zero-order chi connectivity index (χ0) is 24.6. The van der Waals surface area contributed by atoms with E-state index < -0.39 is 12.2 Å². The van der Waals surface area contributed by atoms with Crippen molar-refractivity contribution >= 4 is 34.8 Å². The topological polar surface area (TPSA) is 52.6 Å². The molecule has 0 spiro atoms. The van der Waals surface area contributed by atoms with Gasteiger partial charge in [0.25, 0.3) is 0 Å². The predicted molar refractivity (Wildman–Crippen MR) is 138 cm³/mol. The number of carbonyl (C=O) groups excluding carboxylic acids is 2. The van der Waals surface area contributed by atoms with Crippen LogP contribution in [0.5, 0.6) is 11.5 Å². The van der Waals surface area contributed by atoms with E-state index >= 15 is 0 Å². The fourth-order valence-corrected chi connectivity index (χ4v) is 3.80. The Bertz CT molecular complexity index is 1160. The van der Waals surface area contributed by atoms with Crippen LogP contribution in [0.4, 0.5) is 0 Å². The van der Waals surface area contributed by atoms with E-state index in [0.29, 0.717) is 32.7 Å². The molecule has 0 saturated carbocycles. The highest BCUT2D eigenvalue weighted by molar-refractivity contribution is 6.30. The average Bonchev–Trinajstić information content (AvgIpc) is 2.90. The molecule has 0 aliphatic heterocycles. The zero-order valence-electron chi connectivity index (χ0n) is 18.6. The van der Waals surface area contributed by atoms with Crippen LogP contribution >= 0.6 is 23.2 Å². The van der Waals surface area contributed by atoms with Crippen LogP contribution in [-0.2, 0) is 0 Å². The Labute approximate surface area is 214 Å². The van der Waals surface area contributed by atoms with Gasteiger partial charge in [-0.05, 0) is 48.5 Å². The molecule has 0 saturated heterocycles. The number of Topliss-reactive ketones (excluding diaryl/α,β-unsaturated/α-hetero) is 2. The molecule has 2 atom stereocenters. The second-order valence-electron chi connectivity index (χ2n) is 7.82. The summed E-state index contributed by atoms with van der Waals surface area (Å²) in [7, 11) is 0. The molecule has 4 aromatic carbocycles. The van der Waals surface area contributed by atoms with Crippen LogP contribution in [0.25, 0.3) is 0 Å². The Morgan fingerprint density at radius 3 is 1.23 bits per heavy atom. The second-order valence-corrected chi connectivity index (χ2v) is 8.69. The predicted octanol–water partition coefficient (Wildman–Crippen LogP) is 7.34. The molecular weight excluding hydrogens is 483 g/mol. The summed E-state index contributed by atoms with van der Waals surface area (Å²) in [5, 5.41) is 1.10. The highest BCUT2D eigenvalue weighted by atomic mass is 35.5. The SMILES string of the molecule is O=C(c1ccccc1)C(CC(Oc1ccc(Cl)cc1)C(=O)c1ccccc1)Oc1ccc(Cl)cc1. The van der Waals surface area contributed by atoms with Crippen LogP contribution in [0.1, 0.15) is 27.1 Å².